The average molecular weight is 548 g/mol. The van der Waals surface area contributed by atoms with Crippen LogP contribution in [0.3, 0.4) is 0 Å². The molecule has 6 atom stereocenters. The Morgan fingerprint density at radius 1 is 1.29 bits per heavy atom. The van der Waals surface area contributed by atoms with Crippen molar-refractivity contribution in [2.45, 2.75) is 57.3 Å². The summed E-state index contributed by atoms with van der Waals surface area (Å²) >= 11 is 6.20. The number of amides is 1. The minimum absolute atomic E-state index is 0.00762. The van der Waals surface area contributed by atoms with Crippen molar-refractivity contribution in [2.75, 3.05) is 26.2 Å². The first-order valence-electron chi connectivity index (χ1n) is 13.0. The molecular weight excluding hydrogens is 516 g/mol. The highest BCUT2D eigenvalue weighted by atomic mass is 35.5. The molecule has 2 saturated carbocycles. The van der Waals surface area contributed by atoms with Gasteiger partial charge in [0, 0.05) is 36.8 Å². The molecule has 1 aliphatic heterocycles. The van der Waals surface area contributed by atoms with Crippen molar-refractivity contribution in [3.63, 3.8) is 0 Å². The number of aryl methyl sites for hydroxylation is 2. The maximum absolute atomic E-state index is 15.6. The molecule has 3 aliphatic rings. The highest BCUT2D eigenvalue weighted by Crippen LogP contribution is 2.45. The number of carbonyl (C=O) groups excluding carboxylic acids is 1. The van der Waals surface area contributed by atoms with Gasteiger partial charge in [0.1, 0.15) is 29.7 Å². The van der Waals surface area contributed by atoms with E-state index in [2.05, 4.69) is 15.3 Å². The number of nitrogens with zero attached hydrogens (tertiary/aromatic N) is 3. The Morgan fingerprint density at radius 2 is 2.03 bits per heavy atom. The number of aliphatic hydroxyl groups is 1. The Labute approximate surface area is 225 Å². The molecule has 204 valence electrons. The van der Waals surface area contributed by atoms with Crippen LogP contribution in [0.1, 0.15) is 52.8 Å². The van der Waals surface area contributed by atoms with E-state index in [1.54, 1.807) is 13.8 Å². The first-order valence-corrected chi connectivity index (χ1v) is 13.4. The fraction of sp³-hybridized carbons (Fsp3) is 0.556. The zero-order chi connectivity index (χ0) is 27.1. The summed E-state index contributed by atoms with van der Waals surface area (Å²) in [7, 11) is 0. The van der Waals surface area contributed by atoms with Crippen LogP contribution in [0.4, 0.5) is 8.78 Å². The molecule has 11 heteroatoms. The zero-order valence-corrected chi connectivity index (χ0v) is 22.1. The summed E-state index contributed by atoms with van der Waals surface area (Å²) < 4.78 is 35.9. The van der Waals surface area contributed by atoms with Crippen LogP contribution in [-0.2, 0) is 0 Å². The molecule has 3 N–H and O–H groups in total. The van der Waals surface area contributed by atoms with E-state index in [0.29, 0.717) is 41.6 Å². The fourth-order valence-electron chi connectivity index (χ4n) is 6.19. The van der Waals surface area contributed by atoms with Gasteiger partial charge in [0.15, 0.2) is 0 Å². The Kier molecular flexibility index (Phi) is 7.66. The largest absolute Gasteiger partial charge is 0.486 e. The Bertz CT molecular complexity index is 1220. The van der Waals surface area contributed by atoms with Gasteiger partial charge >= 0.3 is 0 Å². The van der Waals surface area contributed by atoms with Crippen LogP contribution in [0.2, 0.25) is 5.02 Å². The van der Waals surface area contributed by atoms with Crippen LogP contribution in [0, 0.1) is 36.9 Å². The average Bonchev–Trinajstić information content (AvgIpc) is 3.43. The van der Waals surface area contributed by atoms with Crippen molar-refractivity contribution in [3.05, 3.63) is 51.8 Å². The molecule has 38 heavy (non-hydrogen) atoms. The number of nitrogens with one attached hydrogen (secondary N) is 2. The molecule has 5 rings (SSSR count). The molecule has 2 aromatic rings. The number of benzene rings is 1. The van der Waals surface area contributed by atoms with Crippen molar-refractivity contribution >= 4 is 23.2 Å². The molecule has 0 radical (unpaired) electrons. The van der Waals surface area contributed by atoms with Gasteiger partial charge in [-0.3, -0.25) is 4.79 Å². The summed E-state index contributed by atoms with van der Waals surface area (Å²) in [4.78, 5) is 23.9. The first kappa shape index (κ1) is 26.9. The van der Waals surface area contributed by atoms with Gasteiger partial charge in [-0.2, -0.15) is 0 Å². The fourth-order valence-corrected chi connectivity index (χ4v) is 6.28. The molecule has 1 saturated heterocycles. The summed E-state index contributed by atoms with van der Waals surface area (Å²) in [5.74, 6) is -1.12. The maximum Gasteiger partial charge on any atom is 0.257 e. The number of rotatable bonds is 7. The molecule has 2 bridgehead atoms. The molecule has 1 amide bonds. The van der Waals surface area contributed by atoms with Gasteiger partial charge in [-0.25, -0.2) is 18.7 Å². The first-order chi connectivity index (χ1) is 18.2. The number of ether oxygens (including phenoxy) is 1. The second kappa shape index (κ2) is 10.8. The van der Waals surface area contributed by atoms with Gasteiger partial charge in [-0.05, 0) is 51.2 Å². The van der Waals surface area contributed by atoms with Gasteiger partial charge in [0.2, 0.25) is 0 Å². The highest BCUT2D eigenvalue weighted by Gasteiger charge is 2.50. The second-order valence-electron chi connectivity index (χ2n) is 10.5. The van der Waals surface area contributed by atoms with Crippen LogP contribution in [0.25, 0.3) is 0 Å². The molecule has 0 spiro atoms. The van der Waals surface area contributed by atoms with E-state index in [1.165, 1.54) is 17.0 Å². The van der Waals surface area contributed by atoms with Crippen LogP contribution < -0.4 is 10.1 Å². The van der Waals surface area contributed by atoms with Crippen molar-refractivity contribution in [2.24, 2.45) is 11.8 Å². The lowest BCUT2D eigenvalue weighted by atomic mass is 9.80. The number of hydrogen-bond acceptors (Lipinski definition) is 7. The van der Waals surface area contributed by atoms with Gasteiger partial charge in [0.25, 0.3) is 5.91 Å². The lowest BCUT2D eigenvalue weighted by molar-refractivity contribution is 0.00603. The van der Waals surface area contributed by atoms with Crippen LogP contribution in [0.15, 0.2) is 18.2 Å². The van der Waals surface area contributed by atoms with E-state index in [9.17, 15) is 9.18 Å². The minimum atomic E-state index is -1.28. The predicted molar refractivity (Wildman–Crippen MR) is 138 cm³/mol. The Morgan fingerprint density at radius 3 is 2.74 bits per heavy atom. The molecule has 1 aromatic heterocycles. The van der Waals surface area contributed by atoms with E-state index >= 15 is 4.39 Å². The molecule has 1 aromatic carbocycles. The predicted octanol–water partition coefficient (Wildman–Crippen LogP) is 3.61. The summed E-state index contributed by atoms with van der Waals surface area (Å²) in [6.45, 7) is 4.19. The van der Waals surface area contributed by atoms with E-state index in [0.717, 1.165) is 12.5 Å². The standard InChI is InChI=1S/C27H32ClF2N5O3/c1-13-23(28)14(2)34-26(33-13)19-11-35(12-20(19)31)27(37)17-6-4-16(29)10-21(17)38-22-9-15-3-5-18(24(22)30)25(15)32-7-8-36/h4,6,10,15,18-19,22,24-25,31-32,36H,3,5,7-9,11-12H2,1-2H3. The van der Waals surface area contributed by atoms with E-state index < -0.39 is 29.9 Å². The monoisotopic (exact) mass is 547 g/mol. The van der Waals surface area contributed by atoms with Crippen LogP contribution in [0.5, 0.6) is 5.75 Å². The van der Waals surface area contributed by atoms with Crippen LogP contribution >= 0.6 is 11.6 Å². The molecule has 3 fully saturated rings. The molecular formula is C27H32ClF2N5O3. The third-order valence-electron chi connectivity index (χ3n) is 8.07. The van der Waals surface area contributed by atoms with Crippen molar-refractivity contribution < 1.29 is 23.4 Å². The lowest BCUT2D eigenvalue weighted by Gasteiger charge is -2.38. The van der Waals surface area contributed by atoms with Gasteiger partial charge in [0.05, 0.1) is 41.0 Å². The molecule has 2 aliphatic carbocycles. The number of carbonyl (C=O) groups is 1. The van der Waals surface area contributed by atoms with Gasteiger partial charge in [-0.15, -0.1) is 0 Å². The number of aromatic nitrogens is 2. The zero-order valence-electron chi connectivity index (χ0n) is 21.4. The number of fused-ring (bicyclic) bond motifs is 2. The highest BCUT2D eigenvalue weighted by molar-refractivity contribution is 6.31. The SMILES string of the molecule is Cc1nc(C2CN(C(=O)c3ccc(F)cc3OC3CC4CCC(C3F)C4NCCO)CC2=N)nc(C)c1Cl. The number of alkyl halides is 1. The third-order valence-corrected chi connectivity index (χ3v) is 8.61. The van der Waals surface area contributed by atoms with Crippen LogP contribution in [-0.4, -0.2) is 76.2 Å². The number of halogens is 3. The van der Waals surface area contributed by atoms with Crippen molar-refractivity contribution in [1.29, 1.82) is 5.41 Å². The number of hydrogen-bond donors (Lipinski definition) is 3. The van der Waals surface area contributed by atoms with E-state index in [-0.39, 0.29) is 54.6 Å². The molecule has 6 unspecified atom stereocenters. The summed E-state index contributed by atoms with van der Waals surface area (Å²) in [6.07, 6.45) is -0.0766. The number of likely N-dealkylation sites (tertiary alicyclic amines) is 1. The Hall–Kier alpha value is -2.69. The quantitative estimate of drug-likeness (QED) is 0.488. The van der Waals surface area contributed by atoms with Gasteiger partial charge < -0.3 is 25.5 Å². The summed E-state index contributed by atoms with van der Waals surface area (Å²) in [5, 5.41) is 21.4. The lowest BCUT2D eigenvalue weighted by Crippen LogP contribution is -2.52. The third kappa shape index (κ3) is 5.01. The molecule has 2 heterocycles. The second-order valence-corrected chi connectivity index (χ2v) is 10.9. The molecule has 8 nitrogen and oxygen atoms in total. The van der Waals surface area contributed by atoms with E-state index in [1.807, 2.05) is 0 Å². The minimum Gasteiger partial charge on any atom is -0.486 e. The maximum atomic E-state index is 15.6. The van der Waals surface area contributed by atoms with Crippen molar-refractivity contribution in [3.8, 4) is 5.75 Å². The number of aliphatic hydroxyl groups excluding tert-OH is 1. The van der Waals surface area contributed by atoms with Gasteiger partial charge in [-0.1, -0.05) is 11.6 Å². The van der Waals surface area contributed by atoms with Crippen molar-refractivity contribution in [1.82, 2.24) is 20.2 Å². The van der Waals surface area contributed by atoms with E-state index in [4.69, 9.17) is 26.9 Å². The normalized spacial score (nSPS) is 28.7. The smallest absolute Gasteiger partial charge is 0.257 e. The summed E-state index contributed by atoms with van der Waals surface area (Å²) in [5.41, 5.74) is 1.64. The topological polar surface area (TPSA) is 111 Å². The summed E-state index contributed by atoms with van der Waals surface area (Å²) in [6, 6.07) is 3.64. The Balaban J connectivity index is 1.34.